The molecule has 0 amide bonds. The van der Waals surface area contributed by atoms with Gasteiger partial charge in [0.25, 0.3) is 0 Å². The number of aliphatic hydroxyl groups is 1. The van der Waals surface area contributed by atoms with E-state index in [4.69, 9.17) is 14.2 Å². The van der Waals surface area contributed by atoms with Gasteiger partial charge >= 0.3 is 0 Å². The topological polar surface area (TPSA) is 47.9 Å². The van der Waals surface area contributed by atoms with Crippen LogP contribution in [0.5, 0.6) is 0 Å². The summed E-state index contributed by atoms with van der Waals surface area (Å²) in [6.45, 7) is 2.86. The second-order valence-corrected chi connectivity index (χ2v) is 6.17. The summed E-state index contributed by atoms with van der Waals surface area (Å²) in [4.78, 5) is 0. The minimum absolute atomic E-state index is 0.0580. The highest BCUT2D eigenvalue weighted by molar-refractivity contribution is 5.14. The normalized spacial score (nSPS) is 27.1. The standard InChI is InChI=1S/C20H24O4/c1-15-12-18(22-13-16-8-4-2-5-9-16)19(20(21)24-15)23-14-17-10-6-3-7-11-17/h2-11,15,18-21H,12-14H2,1H3/t15-,18+,19-,20?/m0/s1. The number of aliphatic hydroxyl groups excluding tert-OH is 1. The van der Waals surface area contributed by atoms with Crippen molar-refractivity contribution < 1.29 is 19.3 Å². The zero-order valence-electron chi connectivity index (χ0n) is 13.9. The van der Waals surface area contributed by atoms with Gasteiger partial charge in [0.2, 0.25) is 0 Å². The van der Waals surface area contributed by atoms with Gasteiger partial charge in [0.15, 0.2) is 6.29 Å². The fourth-order valence-electron chi connectivity index (χ4n) is 2.91. The van der Waals surface area contributed by atoms with Crippen LogP contribution < -0.4 is 0 Å². The summed E-state index contributed by atoms with van der Waals surface area (Å²) < 4.78 is 17.5. The molecule has 0 spiro atoms. The Labute approximate surface area is 143 Å². The van der Waals surface area contributed by atoms with Crippen LogP contribution in [0.15, 0.2) is 60.7 Å². The lowest BCUT2D eigenvalue weighted by Gasteiger charge is -2.38. The maximum Gasteiger partial charge on any atom is 0.184 e. The van der Waals surface area contributed by atoms with Crippen LogP contribution in [0.4, 0.5) is 0 Å². The van der Waals surface area contributed by atoms with Gasteiger partial charge in [0.05, 0.1) is 25.4 Å². The smallest absolute Gasteiger partial charge is 0.184 e. The Bertz CT molecular complexity index is 602. The minimum atomic E-state index is -0.974. The maximum atomic E-state index is 10.3. The highest BCUT2D eigenvalue weighted by atomic mass is 16.7. The molecule has 0 radical (unpaired) electrons. The molecule has 0 bridgehead atoms. The monoisotopic (exact) mass is 328 g/mol. The molecule has 1 N–H and O–H groups in total. The number of hydrogen-bond acceptors (Lipinski definition) is 4. The van der Waals surface area contributed by atoms with Gasteiger partial charge in [-0.3, -0.25) is 0 Å². The van der Waals surface area contributed by atoms with E-state index >= 15 is 0 Å². The molecule has 0 aliphatic carbocycles. The molecule has 2 aromatic carbocycles. The van der Waals surface area contributed by atoms with E-state index in [2.05, 4.69) is 0 Å². The number of hydrogen-bond donors (Lipinski definition) is 1. The van der Waals surface area contributed by atoms with E-state index < -0.39 is 12.4 Å². The van der Waals surface area contributed by atoms with Crippen LogP contribution in [0.1, 0.15) is 24.5 Å². The van der Waals surface area contributed by atoms with Crippen molar-refractivity contribution in [2.24, 2.45) is 0 Å². The van der Waals surface area contributed by atoms with Crippen molar-refractivity contribution in [1.82, 2.24) is 0 Å². The Balaban J connectivity index is 1.61. The molecule has 4 nitrogen and oxygen atoms in total. The third kappa shape index (κ3) is 4.65. The zero-order chi connectivity index (χ0) is 16.8. The second kappa shape index (κ2) is 8.40. The van der Waals surface area contributed by atoms with Gasteiger partial charge in [0.1, 0.15) is 6.10 Å². The molecule has 3 rings (SSSR count). The molecule has 24 heavy (non-hydrogen) atoms. The van der Waals surface area contributed by atoms with Gasteiger partial charge in [-0.05, 0) is 18.1 Å². The first-order valence-corrected chi connectivity index (χ1v) is 8.37. The van der Waals surface area contributed by atoms with Gasteiger partial charge in [-0.1, -0.05) is 60.7 Å². The quantitative estimate of drug-likeness (QED) is 0.884. The summed E-state index contributed by atoms with van der Waals surface area (Å²) in [5.41, 5.74) is 2.16. The van der Waals surface area contributed by atoms with E-state index in [0.29, 0.717) is 19.6 Å². The lowest BCUT2D eigenvalue weighted by Crippen LogP contribution is -2.49. The van der Waals surface area contributed by atoms with Crippen LogP contribution in [0, 0.1) is 0 Å². The summed E-state index contributed by atoms with van der Waals surface area (Å²) in [7, 11) is 0. The van der Waals surface area contributed by atoms with E-state index in [1.807, 2.05) is 67.6 Å². The van der Waals surface area contributed by atoms with Crippen molar-refractivity contribution in [2.45, 2.75) is 51.2 Å². The highest BCUT2D eigenvalue weighted by Gasteiger charge is 2.38. The molecular formula is C20H24O4. The highest BCUT2D eigenvalue weighted by Crippen LogP contribution is 2.25. The minimum Gasteiger partial charge on any atom is -0.371 e. The summed E-state index contributed by atoms with van der Waals surface area (Å²) in [6, 6.07) is 19.9. The van der Waals surface area contributed by atoms with E-state index in [1.165, 1.54) is 0 Å². The lowest BCUT2D eigenvalue weighted by atomic mass is 10.0. The molecule has 1 saturated heterocycles. The van der Waals surface area contributed by atoms with Gasteiger partial charge in [-0.15, -0.1) is 0 Å². The molecule has 1 fully saturated rings. The van der Waals surface area contributed by atoms with Gasteiger partial charge in [0, 0.05) is 6.42 Å². The molecular weight excluding hydrogens is 304 g/mol. The van der Waals surface area contributed by atoms with Crippen LogP contribution in [0.2, 0.25) is 0 Å². The largest absolute Gasteiger partial charge is 0.371 e. The molecule has 1 unspecified atom stereocenters. The van der Waals surface area contributed by atoms with Crippen molar-refractivity contribution in [3.63, 3.8) is 0 Å². The first-order chi connectivity index (χ1) is 11.7. The van der Waals surface area contributed by atoms with Crippen molar-refractivity contribution in [3.8, 4) is 0 Å². The van der Waals surface area contributed by atoms with Gasteiger partial charge in [-0.2, -0.15) is 0 Å². The summed E-state index contributed by atoms with van der Waals surface area (Å²) >= 11 is 0. The molecule has 1 heterocycles. The second-order valence-electron chi connectivity index (χ2n) is 6.17. The molecule has 0 saturated carbocycles. The molecule has 0 aromatic heterocycles. The summed E-state index contributed by atoms with van der Waals surface area (Å²) in [5, 5.41) is 10.3. The summed E-state index contributed by atoms with van der Waals surface area (Å²) in [6.07, 6.45) is -1.03. The first kappa shape index (κ1) is 17.1. The predicted octanol–water partition coefficient (Wildman–Crippen LogP) is 3.28. The van der Waals surface area contributed by atoms with Gasteiger partial charge < -0.3 is 19.3 Å². The molecule has 128 valence electrons. The average Bonchev–Trinajstić information content (AvgIpc) is 2.61. The van der Waals surface area contributed by atoms with Crippen LogP contribution >= 0.6 is 0 Å². The molecule has 1 aliphatic rings. The molecule has 2 aromatic rings. The number of ether oxygens (including phenoxy) is 3. The van der Waals surface area contributed by atoms with E-state index in [1.54, 1.807) is 0 Å². The fraction of sp³-hybridized carbons (Fsp3) is 0.400. The molecule has 1 aliphatic heterocycles. The third-order valence-corrected chi connectivity index (χ3v) is 4.18. The van der Waals surface area contributed by atoms with Crippen molar-refractivity contribution >= 4 is 0 Å². The van der Waals surface area contributed by atoms with E-state index in [9.17, 15) is 5.11 Å². The Morgan fingerprint density at radius 2 is 1.46 bits per heavy atom. The van der Waals surface area contributed by atoms with Crippen LogP contribution in [-0.2, 0) is 27.4 Å². The van der Waals surface area contributed by atoms with Crippen LogP contribution in [-0.4, -0.2) is 29.7 Å². The van der Waals surface area contributed by atoms with Gasteiger partial charge in [-0.25, -0.2) is 0 Å². The Hall–Kier alpha value is -1.72. The lowest BCUT2D eigenvalue weighted by molar-refractivity contribution is -0.268. The maximum absolute atomic E-state index is 10.3. The van der Waals surface area contributed by atoms with Crippen molar-refractivity contribution in [2.75, 3.05) is 0 Å². The Morgan fingerprint density at radius 3 is 2.04 bits per heavy atom. The number of rotatable bonds is 6. The SMILES string of the molecule is C[C@H]1C[C@@H](OCc2ccccc2)[C@H](OCc2ccccc2)C(O)O1. The van der Waals surface area contributed by atoms with Crippen molar-refractivity contribution in [3.05, 3.63) is 71.8 Å². The average molecular weight is 328 g/mol. The molecule has 4 atom stereocenters. The first-order valence-electron chi connectivity index (χ1n) is 8.37. The zero-order valence-corrected chi connectivity index (χ0v) is 13.9. The third-order valence-electron chi connectivity index (χ3n) is 4.18. The predicted molar refractivity (Wildman–Crippen MR) is 91.2 cm³/mol. The van der Waals surface area contributed by atoms with Crippen molar-refractivity contribution in [1.29, 1.82) is 0 Å². The van der Waals surface area contributed by atoms with Crippen LogP contribution in [0.25, 0.3) is 0 Å². The Morgan fingerprint density at radius 1 is 0.917 bits per heavy atom. The fourth-order valence-corrected chi connectivity index (χ4v) is 2.91. The van der Waals surface area contributed by atoms with E-state index in [-0.39, 0.29) is 12.2 Å². The van der Waals surface area contributed by atoms with E-state index in [0.717, 1.165) is 11.1 Å². The summed E-state index contributed by atoms with van der Waals surface area (Å²) in [5.74, 6) is 0. The Kier molecular flexibility index (Phi) is 5.99. The molecule has 4 heteroatoms. The number of benzene rings is 2. The van der Waals surface area contributed by atoms with Crippen LogP contribution in [0.3, 0.4) is 0 Å².